The van der Waals surface area contributed by atoms with Crippen LogP contribution in [0.5, 0.6) is 0 Å². The normalized spacial score (nSPS) is 10.7. The Morgan fingerprint density at radius 3 is 2.30 bits per heavy atom. The van der Waals surface area contributed by atoms with Crippen molar-refractivity contribution >= 4 is 28.2 Å². The number of hydrogen-bond acceptors (Lipinski definition) is 4. The molecule has 5 heteroatoms. The molecule has 0 aliphatic heterocycles. The number of esters is 1. The van der Waals surface area contributed by atoms with E-state index in [1.54, 1.807) is 6.92 Å². The standard InChI is InChI=1S/C15H23NO3S/c1-6-11(7-2)13(17)16-14-12(15(18)19-8-3)9(4)10(5)20-14/h11H,6-8H2,1-5H3,(H,16,17). The molecule has 4 nitrogen and oxygen atoms in total. The van der Waals surface area contributed by atoms with Gasteiger partial charge in [-0.15, -0.1) is 11.3 Å². The molecule has 1 aromatic rings. The molecular weight excluding hydrogens is 274 g/mol. The molecule has 0 radical (unpaired) electrons. The van der Waals surface area contributed by atoms with Gasteiger partial charge in [0.25, 0.3) is 0 Å². The van der Waals surface area contributed by atoms with Crippen LogP contribution in [0.1, 0.15) is 54.4 Å². The van der Waals surface area contributed by atoms with Crippen LogP contribution in [-0.4, -0.2) is 18.5 Å². The van der Waals surface area contributed by atoms with E-state index in [2.05, 4.69) is 5.32 Å². The van der Waals surface area contributed by atoms with Gasteiger partial charge in [-0.3, -0.25) is 4.79 Å². The van der Waals surface area contributed by atoms with Crippen molar-refractivity contribution in [2.45, 2.75) is 47.5 Å². The fourth-order valence-electron chi connectivity index (χ4n) is 2.04. The van der Waals surface area contributed by atoms with Crippen LogP contribution in [0.2, 0.25) is 0 Å². The number of amides is 1. The number of carbonyl (C=O) groups excluding carboxylic acids is 2. The maximum atomic E-state index is 12.2. The molecule has 1 heterocycles. The number of ether oxygens (including phenoxy) is 1. The van der Waals surface area contributed by atoms with Gasteiger partial charge < -0.3 is 10.1 Å². The molecule has 0 unspecified atom stereocenters. The maximum Gasteiger partial charge on any atom is 0.341 e. The third kappa shape index (κ3) is 3.60. The first kappa shape index (κ1) is 16.7. The van der Waals surface area contributed by atoms with Crippen LogP contribution in [0.15, 0.2) is 0 Å². The van der Waals surface area contributed by atoms with E-state index in [0.717, 1.165) is 23.3 Å². The predicted octanol–water partition coefficient (Wildman–Crippen LogP) is 3.92. The fourth-order valence-corrected chi connectivity index (χ4v) is 3.09. The molecule has 0 aliphatic rings. The van der Waals surface area contributed by atoms with Crippen molar-refractivity contribution in [3.05, 3.63) is 16.0 Å². The van der Waals surface area contributed by atoms with Crippen molar-refractivity contribution in [3.8, 4) is 0 Å². The monoisotopic (exact) mass is 297 g/mol. The first-order chi connectivity index (χ1) is 9.46. The second-order valence-electron chi connectivity index (χ2n) is 4.71. The van der Waals surface area contributed by atoms with Gasteiger partial charge in [-0.1, -0.05) is 13.8 Å². The Morgan fingerprint density at radius 2 is 1.80 bits per heavy atom. The second kappa shape index (κ2) is 7.43. The summed E-state index contributed by atoms with van der Waals surface area (Å²) in [5.41, 5.74) is 1.38. The Bertz CT molecular complexity index is 490. The highest BCUT2D eigenvalue weighted by Gasteiger charge is 2.23. The van der Waals surface area contributed by atoms with Crippen LogP contribution in [0.25, 0.3) is 0 Å². The van der Waals surface area contributed by atoms with Gasteiger partial charge in [0.15, 0.2) is 0 Å². The molecule has 1 N–H and O–H groups in total. The summed E-state index contributed by atoms with van der Waals surface area (Å²) in [5, 5.41) is 3.50. The van der Waals surface area contributed by atoms with Gasteiger partial charge in [0.1, 0.15) is 5.00 Å². The van der Waals surface area contributed by atoms with Crippen molar-refractivity contribution in [3.63, 3.8) is 0 Å². The van der Waals surface area contributed by atoms with Gasteiger partial charge >= 0.3 is 5.97 Å². The zero-order valence-corrected chi connectivity index (χ0v) is 13.6. The van der Waals surface area contributed by atoms with E-state index in [1.807, 2.05) is 27.7 Å². The summed E-state index contributed by atoms with van der Waals surface area (Å²) in [5.74, 6) is -0.413. The van der Waals surface area contributed by atoms with Crippen LogP contribution < -0.4 is 5.32 Å². The number of hydrogen-bond donors (Lipinski definition) is 1. The lowest BCUT2D eigenvalue weighted by Crippen LogP contribution is -2.22. The third-order valence-electron chi connectivity index (χ3n) is 3.46. The number of carbonyl (C=O) groups is 2. The van der Waals surface area contributed by atoms with Crippen LogP contribution in [0.3, 0.4) is 0 Å². The molecule has 0 saturated heterocycles. The summed E-state index contributed by atoms with van der Waals surface area (Å²) in [6.07, 6.45) is 1.58. The van der Waals surface area contributed by atoms with E-state index < -0.39 is 0 Å². The quantitative estimate of drug-likeness (QED) is 0.810. The van der Waals surface area contributed by atoms with E-state index in [-0.39, 0.29) is 17.8 Å². The lowest BCUT2D eigenvalue weighted by atomic mass is 10.0. The van der Waals surface area contributed by atoms with Crippen molar-refractivity contribution in [2.24, 2.45) is 5.92 Å². The van der Waals surface area contributed by atoms with Gasteiger partial charge in [-0.25, -0.2) is 4.79 Å². The average Bonchev–Trinajstić information content (AvgIpc) is 2.66. The Labute approximate surface area is 124 Å². The topological polar surface area (TPSA) is 55.4 Å². The molecule has 0 fully saturated rings. The predicted molar refractivity (Wildman–Crippen MR) is 82.5 cm³/mol. The van der Waals surface area contributed by atoms with Crippen molar-refractivity contribution in [1.29, 1.82) is 0 Å². The summed E-state index contributed by atoms with van der Waals surface area (Å²) < 4.78 is 5.07. The minimum absolute atomic E-state index is 0.0206. The highest BCUT2D eigenvalue weighted by molar-refractivity contribution is 7.16. The SMILES string of the molecule is CCOC(=O)c1c(NC(=O)C(CC)CC)sc(C)c1C. The van der Waals surface area contributed by atoms with Crippen LogP contribution in [-0.2, 0) is 9.53 Å². The first-order valence-electron chi connectivity index (χ1n) is 7.04. The van der Waals surface area contributed by atoms with Crippen LogP contribution in [0, 0.1) is 19.8 Å². The Kier molecular flexibility index (Phi) is 6.20. The van der Waals surface area contributed by atoms with Gasteiger partial charge in [0.2, 0.25) is 5.91 Å². The van der Waals surface area contributed by atoms with E-state index >= 15 is 0 Å². The minimum atomic E-state index is -0.366. The molecule has 20 heavy (non-hydrogen) atoms. The van der Waals surface area contributed by atoms with Crippen molar-refractivity contribution in [1.82, 2.24) is 0 Å². The summed E-state index contributed by atoms with van der Waals surface area (Å²) in [6.45, 7) is 9.90. The Hall–Kier alpha value is -1.36. The summed E-state index contributed by atoms with van der Waals surface area (Å²) in [7, 11) is 0. The van der Waals surface area contributed by atoms with Crippen LogP contribution in [0.4, 0.5) is 5.00 Å². The molecule has 0 atom stereocenters. The molecule has 112 valence electrons. The summed E-state index contributed by atoms with van der Waals surface area (Å²) >= 11 is 1.43. The summed E-state index contributed by atoms with van der Waals surface area (Å²) in [4.78, 5) is 25.2. The maximum absolute atomic E-state index is 12.2. The summed E-state index contributed by atoms with van der Waals surface area (Å²) in [6, 6.07) is 0. The minimum Gasteiger partial charge on any atom is -0.462 e. The van der Waals surface area contributed by atoms with Gasteiger partial charge in [-0.05, 0) is 39.2 Å². The lowest BCUT2D eigenvalue weighted by Gasteiger charge is -2.12. The number of nitrogens with one attached hydrogen (secondary N) is 1. The number of anilines is 1. The molecule has 1 rings (SSSR count). The molecular formula is C15H23NO3S. The Balaban J connectivity index is 3.03. The van der Waals surface area contributed by atoms with Gasteiger partial charge in [0.05, 0.1) is 12.2 Å². The van der Waals surface area contributed by atoms with E-state index in [0.29, 0.717) is 17.2 Å². The largest absolute Gasteiger partial charge is 0.462 e. The zero-order valence-electron chi connectivity index (χ0n) is 12.8. The zero-order chi connectivity index (χ0) is 15.3. The van der Waals surface area contributed by atoms with Gasteiger partial charge in [-0.2, -0.15) is 0 Å². The second-order valence-corrected chi connectivity index (χ2v) is 5.94. The first-order valence-corrected chi connectivity index (χ1v) is 7.85. The molecule has 0 aromatic carbocycles. The van der Waals surface area contributed by atoms with Crippen molar-refractivity contribution < 1.29 is 14.3 Å². The Morgan fingerprint density at radius 1 is 1.20 bits per heavy atom. The molecule has 1 aromatic heterocycles. The van der Waals surface area contributed by atoms with Crippen LogP contribution >= 0.6 is 11.3 Å². The number of thiophene rings is 1. The molecule has 0 bridgehead atoms. The number of aryl methyl sites for hydroxylation is 1. The molecule has 1 amide bonds. The van der Waals surface area contributed by atoms with E-state index in [9.17, 15) is 9.59 Å². The molecule has 0 spiro atoms. The van der Waals surface area contributed by atoms with Gasteiger partial charge in [0, 0.05) is 10.8 Å². The molecule has 0 saturated carbocycles. The van der Waals surface area contributed by atoms with E-state index in [1.165, 1.54) is 11.3 Å². The third-order valence-corrected chi connectivity index (χ3v) is 4.58. The van der Waals surface area contributed by atoms with E-state index in [4.69, 9.17) is 4.74 Å². The number of rotatable bonds is 6. The highest BCUT2D eigenvalue weighted by Crippen LogP contribution is 2.33. The van der Waals surface area contributed by atoms with Crippen molar-refractivity contribution in [2.75, 3.05) is 11.9 Å². The average molecular weight is 297 g/mol. The fraction of sp³-hybridized carbons (Fsp3) is 0.600. The smallest absolute Gasteiger partial charge is 0.341 e. The molecule has 0 aliphatic carbocycles. The highest BCUT2D eigenvalue weighted by atomic mass is 32.1. The lowest BCUT2D eigenvalue weighted by molar-refractivity contribution is -0.120.